The molecule has 4 heterocycles. The number of aromatic amines is 3. The Morgan fingerprint density at radius 2 is 1.46 bits per heavy atom. The standard InChI is InChI=1S/C18H22N8O2/c27-11-1-12-28-13-10-26-9-8-25-17(26)18(14-19-2-3-20-14,15-21-4-5-22-15)16-23-6-7-24-16/h2-9,27H,1,10-13H2,(H,19,20)(H,21,22)(H,23,24). The van der Waals surface area contributed by atoms with Gasteiger partial charge in [-0.2, -0.15) is 0 Å². The van der Waals surface area contributed by atoms with Crippen LogP contribution in [0, 0.1) is 0 Å². The predicted octanol–water partition coefficient (Wildman–Crippen LogP) is 0.834. The molecule has 10 heteroatoms. The molecule has 0 aliphatic rings. The first-order valence-electron chi connectivity index (χ1n) is 9.07. The molecule has 4 rings (SSSR count). The highest BCUT2D eigenvalue weighted by Gasteiger charge is 2.49. The van der Waals surface area contributed by atoms with Gasteiger partial charge in [0, 0.05) is 69.3 Å². The molecule has 0 radical (unpaired) electrons. The van der Waals surface area contributed by atoms with Gasteiger partial charge in [-0.1, -0.05) is 0 Å². The molecule has 4 aromatic rings. The predicted molar refractivity (Wildman–Crippen MR) is 99.5 cm³/mol. The van der Waals surface area contributed by atoms with Crippen molar-refractivity contribution in [1.82, 2.24) is 39.5 Å². The Balaban J connectivity index is 1.79. The van der Waals surface area contributed by atoms with Gasteiger partial charge < -0.3 is 29.4 Å². The molecule has 0 bridgehead atoms. The number of aliphatic hydroxyl groups is 1. The number of rotatable bonds is 10. The van der Waals surface area contributed by atoms with E-state index < -0.39 is 5.41 Å². The molecule has 0 unspecified atom stereocenters. The van der Waals surface area contributed by atoms with E-state index in [0.717, 1.165) is 0 Å². The molecule has 0 atom stereocenters. The molecule has 0 aliphatic carbocycles. The van der Waals surface area contributed by atoms with Crippen molar-refractivity contribution in [3.8, 4) is 0 Å². The van der Waals surface area contributed by atoms with Crippen molar-refractivity contribution >= 4 is 0 Å². The number of hydrogen-bond donors (Lipinski definition) is 4. The van der Waals surface area contributed by atoms with Crippen molar-refractivity contribution in [1.29, 1.82) is 0 Å². The second kappa shape index (κ2) is 8.19. The maximum atomic E-state index is 8.89. The molecule has 10 nitrogen and oxygen atoms in total. The van der Waals surface area contributed by atoms with Crippen LogP contribution in [0.4, 0.5) is 0 Å². The molecule has 0 fully saturated rings. The maximum absolute atomic E-state index is 8.89. The molecule has 0 amide bonds. The number of aromatic nitrogens is 8. The van der Waals surface area contributed by atoms with Gasteiger partial charge in [-0.3, -0.25) is 0 Å². The normalized spacial score (nSPS) is 11.9. The molecule has 0 aliphatic heterocycles. The lowest BCUT2D eigenvalue weighted by Gasteiger charge is -2.28. The van der Waals surface area contributed by atoms with Crippen molar-refractivity contribution in [2.45, 2.75) is 18.4 Å². The SMILES string of the molecule is OCCCOCCn1ccnc1C(c1ncc[nH]1)(c1ncc[nH]1)c1ncc[nH]1. The zero-order valence-electron chi connectivity index (χ0n) is 15.2. The van der Waals surface area contributed by atoms with Crippen molar-refractivity contribution < 1.29 is 9.84 Å². The van der Waals surface area contributed by atoms with E-state index in [1.165, 1.54) is 0 Å². The van der Waals surface area contributed by atoms with E-state index >= 15 is 0 Å². The van der Waals surface area contributed by atoms with E-state index in [-0.39, 0.29) is 6.61 Å². The van der Waals surface area contributed by atoms with Gasteiger partial charge >= 0.3 is 0 Å². The molecule has 28 heavy (non-hydrogen) atoms. The third-order valence-corrected chi connectivity index (χ3v) is 4.53. The summed E-state index contributed by atoms with van der Waals surface area (Å²) in [5.74, 6) is 2.64. The lowest BCUT2D eigenvalue weighted by atomic mass is 9.83. The molecule has 0 saturated heterocycles. The third-order valence-electron chi connectivity index (χ3n) is 4.53. The summed E-state index contributed by atoms with van der Waals surface area (Å²) in [5, 5.41) is 8.89. The van der Waals surface area contributed by atoms with Crippen LogP contribution >= 0.6 is 0 Å². The molecule has 146 valence electrons. The van der Waals surface area contributed by atoms with Gasteiger partial charge in [0.2, 0.25) is 5.41 Å². The molecule has 0 saturated carbocycles. The fraction of sp³-hybridized carbons (Fsp3) is 0.333. The van der Waals surface area contributed by atoms with Crippen LogP contribution in [-0.2, 0) is 16.7 Å². The van der Waals surface area contributed by atoms with Crippen LogP contribution in [0.15, 0.2) is 49.6 Å². The first-order chi connectivity index (χ1) is 13.9. The molecule has 0 spiro atoms. The number of nitrogens with zero attached hydrogens (tertiary/aromatic N) is 5. The summed E-state index contributed by atoms with van der Waals surface area (Å²) in [4.78, 5) is 27.9. The highest BCUT2D eigenvalue weighted by Crippen LogP contribution is 2.39. The number of nitrogens with one attached hydrogen (secondary N) is 3. The van der Waals surface area contributed by atoms with E-state index in [2.05, 4.69) is 34.9 Å². The molecule has 4 N–H and O–H groups in total. The smallest absolute Gasteiger partial charge is 0.200 e. The number of imidazole rings is 4. The lowest BCUT2D eigenvalue weighted by molar-refractivity contribution is 0.109. The Hall–Kier alpha value is -3.24. The van der Waals surface area contributed by atoms with E-state index in [1.54, 1.807) is 43.4 Å². The molecular formula is C18H22N8O2. The zero-order valence-corrected chi connectivity index (χ0v) is 15.2. The summed E-state index contributed by atoms with van der Waals surface area (Å²) >= 11 is 0. The number of aliphatic hydroxyl groups excluding tert-OH is 1. The van der Waals surface area contributed by atoms with Gasteiger partial charge in [-0.15, -0.1) is 0 Å². The summed E-state index contributed by atoms with van der Waals surface area (Å²) in [6, 6.07) is 0. The van der Waals surface area contributed by atoms with E-state index in [0.29, 0.717) is 49.5 Å². The van der Waals surface area contributed by atoms with Crippen molar-refractivity contribution in [3.05, 3.63) is 72.9 Å². The highest BCUT2D eigenvalue weighted by molar-refractivity contribution is 5.43. The van der Waals surface area contributed by atoms with Crippen LogP contribution in [0.1, 0.15) is 29.7 Å². The van der Waals surface area contributed by atoms with Gasteiger partial charge in [0.15, 0.2) is 0 Å². The summed E-state index contributed by atoms with van der Waals surface area (Å²) in [5.41, 5.74) is -0.967. The van der Waals surface area contributed by atoms with Crippen LogP contribution in [0.2, 0.25) is 0 Å². The Bertz CT molecular complexity index is 860. The van der Waals surface area contributed by atoms with Crippen molar-refractivity contribution in [2.75, 3.05) is 19.8 Å². The Labute approximate surface area is 161 Å². The highest BCUT2D eigenvalue weighted by atomic mass is 16.5. The average Bonchev–Trinajstić information content (AvgIpc) is 3.51. The topological polar surface area (TPSA) is 133 Å². The lowest BCUT2D eigenvalue weighted by Crippen LogP contribution is -2.38. The first-order valence-corrected chi connectivity index (χ1v) is 9.07. The number of H-pyrrole nitrogens is 3. The maximum Gasteiger partial charge on any atom is 0.200 e. The quantitative estimate of drug-likeness (QED) is 0.300. The van der Waals surface area contributed by atoms with Crippen LogP contribution in [0.25, 0.3) is 0 Å². The van der Waals surface area contributed by atoms with E-state index in [4.69, 9.17) is 9.84 Å². The average molecular weight is 382 g/mol. The van der Waals surface area contributed by atoms with Crippen LogP contribution in [0.3, 0.4) is 0 Å². The second-order valence-corrected chi connectivity index (χ2v) is 6.20. The Morgan fingerprint density at radius 1 is 0.857 bits per heavy atom. The van der Waals surface area contributed by atoms with Gasteiger partial charge in [0.25, 0.3) is 0 Å². The second-order valence-electron chi connectivity index (χ2n) is 6.20. The van der Waals surface area contributed by atoms with Crippen LogP contribution < -0.4 is 0 Å². The van der Waals surface area contributed by atoms with Crippen molar-refractivity contribution in [3.63, 3.8) is 0 Å². The Kier molecular flexibility index (Phi) is 5.31. The fourth-order valence-electron chi connectivity index (χ4n) is 3.32. The van der Waals surface area contributed by atoms with E-state index in [1.807, 2.05) is 10.8 Å². The minimum absolute atomic E-state index is 0.120. The number of hydrogen-bond acceptors (Lipinski definition) is 6. The fourth-order valence-corrected chi connectivity index (χ4v) is 3.32. The minimum atomic E-state index is -0.967. The third kappa shape index (κ3) is 3.12. The zero-order chi connectivity index (χ0) is 19.2. The van der Waals surface area contributed by atoms with Gasteiger partial charge in [0.1, 0.15) is 23.3 Å². The largest absolute Gasteiger partial charge is 0.396 e. The van der Waals surface area contributed by atoms with E-state index in [9.17, 15) is 0 Å². The van der Waals surface area contributed by atoms with Gasteiger partial charge in [0.05, 0.1) is 6.61 Å². The van der Waals surface area contributed by atoms with Gasteiger partial charge in [-0.05, 0) is 6.42 Å². The summed E-state index contributed by atoms with van der Waals surface area (Å²) in [6.45, 7) is 1.72. The summed E-state index contributed by atoms with van der Waals surface area (Å²) in [6.07, 6.45) is 14.6. The Morgan fingerprint density at radius 3 is 1.96 bits per heavy atom. The first kappa shape index (κ1) is 18.1. The molecule has 4 aromatic heterocycles. The molecular weight excluding hydrogens is 360 g/mol. The summed E-state index contributed by atoms with van der Waals surface area (Å²) in [7, 11) is 0. The monoisotopic (exact) mass is 382 g/mol. The summed E-state index contributed by atoms with van der Waals surface area (Å²) < 4.78 is 7.61. The van der Waals surface area contributed by atoms with Crippen LogP contribution in [0.5, 0.6) is 0 Å². The van der Waals surface area contributed by atoms with Gasteiger partial charge in [-0.25, -0.2) is 19.9 Å². The minimum Gasteiger partial charge on any atom is -0.396 e. The molecule has 0 aromatic carbocycles. The van der Waals surface area contributed by atoms with Crippen LogP contribution in [-0.4, -0.2) is 64.4 Å². The number of ether oxygens (including phenoxy) is 1. The van der Waals surface area contributed by atoms with Crippen molar-refractivity contribution in [2.24, 2.45) is 0 Å².